The predicted molar refractivity (Wildman–Crippen MR) is 154 cm³/mol. The Morgan fingerprint density at radius 3 is 2.17 bits per heavy atom. The fraction of sp³-hybridized carbons (Fsp3) is 0.367. The Hall–Kier alpha value is -3.83. The minimum atomic E-state index is -4.35. The van der Waals surface area contributed by atoms with Gasteiger partial charge in [-0.1, -0.05) is 63.2 Å². The van der Waals surface area contributed by atoms with Gasteiger partial charge in [-0.15, -0.1) is 0 Å². The van der Waals surface area contributed by atoms with Crippen molar-refractivity contribution < 1.29 is 32.2 Å². The summed E-state index contributed by atoms with van der Waals surface area (Å²) in [6, 6.07) is 16.2. The lowest BCUT2D eigenvalue weighted by Gasteiger charge is -2.26. The van der Waals surface area contributed by atoms with Crippen LogP contribution in [0.4, 0.5) is 15.0 Å². The van der Waals surface area contributed by atoms with Crippen molar-refractivity contribution in [3.63, 3.8) is 0 Å². The van der Waals surface area contributed by atoms with Gasteiger partial charge in [0.1, 0.15) is 28.7 Å². The summed E-state index contributed by atoms with van der Waals surface area (Å²) in [5, 5.41) is 9.45. The van der Waals surface area contributed by atoms with Crippen LogP contribution in [-0.2, 0) is 31.4 Å². The van der Waals surface area contributed by atoms with Gasteiger partial charge in [-0.2, -0.15) is 0 Å². The number of carboxylic acids is 1. The third-order valence-corrected chi connectivity index (χ3v) is 7.49. The van der Waals surface area contributed by atoms with E-state index < -0.39 is 51.0 Å². The fourth-order valence-corrected chi connectivity index (χ4v) is 5.26. The summed E-state index contributed by atoms with van der Waals surface area (Å²) < 4.78 is 49.0. The highest BCUT2D eigenvalue weighted by Crippen LogP contribution is 2.27. The van der Waals surface area contributed by atoms with Gasteiger partial charge in [-0.25, -0.2) is 27.3 Å². The predicted octanol–water partition coefficient (Wildman–Crippen LogP) is 5.61. The molecule has 9 nitrogen and oxygen atoms in total. The molecule has 220 valence electrons. The first-order valence-electron chi connectivity index (χ1n) is 13.0. The topological polar surface area (TPSA) is 126 Å². The van der Waals surface area contributed by atoms with Crippen molar-refractivity contribution in [2.75, 3.05) is 11.4 Å². The molecule has 0 spiro atoms. The summed E-state index contributed by atoms with van der Waals surface area (Å²) in [6.45, 7) is 10.4. The van der Waals surface area contributed by atoms with E-state index in [0.29, 0.717) is 0 Å². The van der Waals surface area contributed by atoms with Crippen LogP contribution in [0.25, 0.3) is 0 Å². The highest BCUT2D eigenvalue weighted by Gasteiger charge is 2.29. The lowest BCUT2D eigenvalue weighted by molar-refractivity contribution is -0.135. The van der Waals surface area contributed by atoms with E-state index in [2.05, 4.69) is 30.5 Å². The number of carbonyl (C=O) groups excluding carboxylic acids is 1. The van der Waals surface area contributed by atoms with Crippen LogP contribution in [0.3, 0.4) is 0 Å². The van der Waals surface area contributed by atoms with Gasteiger partial charge in [0.2, 0.25) is 10.0 Å². The summed E-state index contributed by atoms with van der Waals surface area (Å²) >= 11 is 0. The molecule has 0 saturated carbocycles. The molecule has 3 aromatic rings. The van der Waals surface area contributed by atoms with Gasteiger partial charge in [0, 0.05) is 0 Å². The van der Waals surface area contributed by atoms with Crippen LogP contribution in [0.5, 0.6) is 0 Å². The smallest absolute Gasteiger partial charge is 0.416 e. The van der Waals surface area contributed by atoms with E-state index in [0.717, 1.165) is 28.2 Å². The van der Waals surface area contributed by atoms with Crippen molar-refractivity contribution in [2.24, 2.45) is 0 Å². The second-order valence-electron chi connectivity index (χ2n) is 11.6. The van der Waals surface area contributed by atoms with Crippen LogP contribution >= 0.6 is 0 Å². The number of hydrogen-bond donors (Lipinski definition) is 2. The van der Waals surface area contributed by atoms with Gasteiger partial charge in [0.15, 0.2) is 0 Å². The second-order valence-corrected chi connectivity index (χ2v) is 13.3. The summed E-state index contributed by atoms with van der Waals surface area (Å²) in [4.78, 5) is 29.3. The van der Waals surface area contributed by atoms with Crippen molar-refractivity contribution in [2.45, 2.75) is 69.9 Å². The largest absolute Gasteiger partial charge is 0.480 e. The quantitative estimate of drug-likeness (QED) is 0.334. The van der Waals surface area contributed by atoms with Crippen molar-refractivity contribution >= 4 is 27.9 Å². The lowest BCUT2D eigenvalue weighted by atomic mass is 9.86. The van der Waals surface area contributed by atoms with Gasteiger partial charge in [0.05, 0.1) is 11.7 Å². The molecule has 2 N–H and O–H groups in total. The third-order valence-electron chi connectivity index (χ3n) is 5.98. The van der Waals surface area contributed by atoms with E-state index in [1.54, 1.807) is 26.8 Å². The highest BCUT2D eigenvalue weighted by atomic mass is 32.2. The number of amides is 1. The Morgan fingerprint density at radius 2 is 1.61 bits per heavy atom. The van der Waals surface area contributed by atoms with Crippen LogP contribution in [0, 0.1) is 5.82 Å². The molecule has 2 aromatic carbocycles. The number of nitrogens with one attached hydrogen (secondary N) is 1. The van der Waals surface area contributed by atoms with E-state index in [1.165, 1.54) is 24.3 Å². The molecule has 0 bridgehead atoms. The van der Waals surface area contributed by atoms with Gasteiger partial charge < -0.3 is 9.84 Å². The SMILES string of the molecule is CC(C)(C)OC(=O)N(CC(=O)O)c1cccc(C(Cc2ccc(C(C)(C)C)cc2)NS(=O)(=O)c2ccccc2F)n1. The molecule has 41 heavy (non-hydrogen) atoms. The number of anilines is 1. The number of pyridine rings is 1. The average Bonchev–Trinajstić information content (AvgIpc) is 2.85. The standard InChI is InChI=1S/C30H36FN3O6S/c1-29(2,3)21-16-14-20(15-17-21)18-24(33-41(38,39)25-12-8-7-10-22(25)31)23-11-9-13-26(32-23)34(19-27(35)36)28(37)40-30(4,5)6/h7-17,24,33H,18-19H2,1-6H3,(H,35,36). The van der Waals surface area contributed by atoms with Crippen LogP contribution in [0.15, 0.2) is 71.6 Å². The summed E-state index contributed by atoms with van der Waals surface area (Å²) in [6.07, 6.45) is -0.786. The highest BCUT2D eigenvalue weighted by molar-refractivity contribution is 7.89. The molecule has 3 rings (SSSR count). The number of aromatic nitrogens is 1. The van der Waals surface area contributed by atoms with Gasteiger partial charge in [-0.3, -0.25) is 9.69 Å². The number of ether oxygens (including phenoxy) is 1. The molecule has 1 heterocycles. The van der Waals surface area contributed by atoms with E-state index in [-0.39, 0.29) is 23.3 Å². The fourth-order valence-electron chi connectivity index (χ4n) is 3.97. The minimum Gasteiger partial charge on any atom is -0.480 e. The molecule has 0 radical (unpaired) electrons. The normalized spacial score (nSPS) is 13.0. The second kappa shape index (κ2) is 12.4. The lowest BCUT2D eigenvalue weighted by Crippen LogP contribution is -2.40. The van der Waals surface area contributed by atoms with E-state index in [4.69, 9.17) is 4.74 Å². The summed E-state index contributed by atoms with van der Waals surface area (Å²) in [5.74, 6) is -2.25. The molecular formula is C30H36FN3O6S. The first-order valence-corrected chi connectivity index (χ1v) is 14.5. The van der Waals surface area contributed by atoms with Gasteiger partial charge >= 0.3 is 12.1 Å². The Balaban J connectivity index is 2.06. The van der Waals surface area contributed by atoms with E-state index in [1.807, 2.05) is 24.3 Å². The molecule has 0 fully saturated rings. The van der Waals surface area contributed by atoms with Crippen molar-refractivity contribution in [1.82, 2.24) is 9.71 Å². The number of nitrogens with zero attached hydrogens (tertiary/aromatic N) is 2. The number of sulfonamides is 1. The van der Waals surface area contributed by atoms with Gasteiger partial charge in [-0.05, 0) is 68.0 Å². The third kappa shape index (κ3) is 8.83. The number of rotatable bonds is 9. The van der Waals surface area contributed by atoms with Crippen LogP contribution in [0.2, 0.25) is 0 Å². The molecule has 0 aliphatic carbocycles. The molecule has 1 unspecified atom stereocenters. The number of halogens is 1. The molecule has 1 aromatic heterocycles. The van der Waals surface area contributed by atoms with E-state index in [9.17, 15) is 27.5 Å². The average molecular weight is 586 g/mol. The monoisotopic (exact) mass is 585 g/mol. The molecule has 0 saturated heterocycles. The number of aliphatic carboxylic acids is 1. The maximum Gasteiger partial charge on any atom is 0.416 e. The zero-order valence-corrected chi connectivity index (χ0v) is 24.8. The zero-order valence-electron chi connectivity index (χ0n) is 24.0. The van der Waals surface area contributed by atoms with Crippen molar-refractivity contribution in [3.8, 4) is 0 Å². The van der Waals surface area contributed by atoms with Crippen molar-refractivity contribution in [3.05, 3.63) is 89.4 Å². The maximum absolute atomic E-state index is 14.5. The number of hydrogen-bond acceptors (Lipinski definition) is 6. The number of benzene rings is 2. The molecule has 1 amide bonds. The zero-order chi connectivity index (χ0) is 30.6. The van der Waals surface area contributed by atoms with Crippen LogP contribution in [-0.4, -0.2) is 42.7 Å². The summed E-state index contributed by atoms with van der Waals surface area (Å²) in [5.41, 5.74) is 1.08. The van der Waals surface area contributed by atoms with Crippen LogP contribution < -0.4 is 9.62 Å². The molecular weight excluding hydrogens is 549 g/mol. The Morgan fingerprint density at radius 1 is 0.976 bits per heavy atom. The van der Waals surface area contributed by atoms with E-state index >= 15 is 0 Å². The van der Waals surface area contributed by atoms with Gasteiger partial charge in [0.25, 0.3) is 0 Å². The molecule has 0 aliphatic rings. The molecule has 11 heteroatoms. The minimum absolute atomic E-state index is 0.0441. The first-order chi connectivity index (χ1) is 19.0. The maximum atomic E-state index is 14.5. The number of carboxylic acid groups (broad SMARTS) is 1. The van der Waals surface area contributed by atoms with Crippen LogP contribution in [0.1, 0.15) is 64.4 Å². The Bertz CT molecular complexity index is 1500. The Labute approximate surface area is 240 Å². The molecule has 0 aliphatic heterocycles. The Kier molecular flexibility index (Phi) is 9.55. The number of carbonyl (C=O) groups is 2. The van der Waals surface area contributed by atoms with Crippen molar-refractivity contribution in [1.29, 1.82) is 0 Å². The molecule has 1 atom stereocenters. The first kappa shape index (κ1) is 31.7. The summed E-state index contributed by atoms with van der Waals surface area (Å²) in [7, 11) is -4.35.